The third-order valence-electron chi connectivity index (χ3n) is 4.52. The second-order valence-corrected chi connectivity index (χ2v) is 6.95. The van der Waals surface area contributed by atoms with Gasteiger partial charge in [0.2, 0.25) is 0 Å². The van der Waals surface area contributed by atoms with Crippen LogP contribution in [-0.4, -0.2) is 31.4 Å². The van der Waals surface area contributed by atoms with Crippen LogP contribution in [-0.2, 0) is 15.7 Å². The number of hydrogen-bond donors (Lipinski definition) is 2. The summed E-state index contributed by atoms with van der Waals surface area (Å²) in [5, 5.41) is 5.05. The molecule has 0 saturated heterocycles. The molecule has 2 amide bonds. The van der Waals surface area contributed by atoms with Crippen LogP contribution >= 0.6 is 0 Å². The number of nitrogens with one attached hydrogen (secondary N) is 2. The fourth-order valence-corrected chi connectivity index (χ4v) is 2.81. The SMILES string of the molecule is COC(=O)CNC(=O)c1ccc(NC(=O)c2cccc(Oc3cccc(C(F)(F)F)c3)c2)cc1. The Bertz CT molecular complexity index is 1190. The van der Waals surface area contributed by atoms with Crippen molar-refractivity contribution in [1.29, 1.82) is 0 Å². The number of ether oxygens (including phenoxy) is 2. The average Bonchev–Trinajstić information content (AvgIpc) is 2.82. The van der Waals surface area contributed by atoms with Crippen molar-refractivity contribution in [2.45, 2.75) is 6.18 Å². The Kier molecular flexibility index (Phi) is 7.52. The number of methoxy groups -OCH3 is 1. The van der Waals surface area contributed by atoms with Crippen molar-refractivity contribution in [3.05, 3.63) is 89.5 Å². The van der Waals surface area contributed by atoms with Crippen molar-refractivity contribution in [3.8, 4) is 11.5 Å². The van der Waals surface area contributed by atoms with Crippen LogP contribution in [0.2, 0.25) is 0 Å². The first-order valence-corrected chi connectivity index (χ1v) is 9.87. The van der Waals surface area contributed by atoms with Crippen LogP contribution < -0.4 is 15.4 Å². The van der Waals surface area contributed by atoms with Crippen LogP contribution in [0, 0.1) is 0 Å². The first-order chi connectivity index (χ1) is 16.2. The molecule has 0 atom stereocenters. The molecule has 176 valence electrons. The molecule has 0 aliphatic rings. The average molecular weight is 472 g/mol. The molecule has 0 fully saturated rings. The first-order valence-electron chi connectivity index (χ1n) is 9.87. The fraction of sp³-hybridized carbons (Fsp3) is 0.125. The summed E-state index contributed by atoms with van der Waals surface area (Å²) in [7, 11) is 1.21. The van der Waals surface area contributed by atoms with Crippen LogP contribution in [0.1, 0.15) is 26.3 Å². The number of carbonyl (C=O) groups is 3. The number of anilines is 1. The highest BCUT2D eigenvalue weighted by Crippen LogP contribution is 2.32. The monoisotopic (exact) mass is 472 g/mol. The number of halogens is 3. The van der Waals surface area contributed by atoms with E-state index in [0.717, 1.165) is 12.1 Å². The minimum absolute atomic E-state index is 0.0200. The molecule has 0 unspecified atom stereocenters. The summed E-state index contributed by atoms with van der Waals surface area (Å²) >= 11 is 0. The van der Waals surface area contributed by atoms with E-state index in [9.17, 15) is 27.6 Å². The number of esters is 1. The van der Waals surface area contributed by atoms with Gasteiger partial charge in [-0.25, -0.2) is 0 Å². The maximum Gasteiger partial charge on any atom is 0.416 e. The Hall–Kier alpha value is -4.34. The summed E-state index contributed by atoms with van der Waals surface area (Å²) in [6.07, 6.45) is -4.50. The van der Waals surface area contributed by atoms with E-state index in [4.69, 9.17) is 4.74 Å². The minimum atomic E-state index is -4.50. The largest absolute Gasteiger partial charge is 0.468 e. The summed E-state index contributed by atoms with van der Waals surface area (Å²) < 4.78 is 48.6. The zero-order valence-electron chi connectivity index (χ0n) is 17.8. The molecule has 0 aromatic heterocycles. The van der Waals surface area contributed by atoms with Gasteiger partial charge in [-0.3, -0.25) is 14.4 Å². The molecule has 34 heavy (non-hydrogen) atoms. The van der Waals surface area contributed by atoms with Gasteiger partial charge in [0.15, 0.2) is 0 Å². The van der Waals surface area contributed by atoms with E-state index in [1.54, 1.807) is 0 Å². The van der Waals surface area contributed by atoms with E-state index in [1.165, 1.54) is 67.8 Å². The van der Waals surface area contributed by atoms with Gasteiger partial charge >= 0.3 is 12.1 Å². The summed E-state index contributed by atoms with van der Waals surface area (Å²) in [6, 6.07) is 16.3. The summed E-state index contributed by atoms with van der Waals surface area (Å²) in [6.45, 7) is -0.271. The zero-order chi connectivity index (χ0) is 24.7. The van der Waals surface area contributed by atoms with Gasteiger partial charge in [-0.15, -0.1) is 0 Å². The minimum Gasteiger partial charge on any atom is -0.468 e. The molecular weight excluding hydrogens is 453 g/mol. The quantitative estimate of drug-likeness (QED) is 0.488. The van der Waals surface area contributed by atoms with Crippen LogP contribution in [0.4, 0.5) is 18.9 Å². The number of amides is 2. The normalized spacial score (nSPS) is 10.8. The van der Waals surface area contributed by atoms with Gasteiger partial charge in [-0.2, -0.15) is 13.2 Å². The molecule has 0 saturated carbocycles. The van der Waals surface area contributed by atoms with E-state index in [2.05, 4.69) is 15.4 Å². The summed E-state index contributed by atoms with van der Waals surface area (Å²) in [5.41, 5.74) is 0.0443. The van der Waals surface area contributed by atoms with Gasteiger partial charge < -0.3 is 20.1 Å². The first kappa shape index (κ1) is 24.3. The number of hydrogen-bond acceptors (Lipinski definition) is 5. The zero-order valence-corrected chi connectivity index (χ0v) is 17.8. The molecule has 7 nitrogen and oxygen atoms in total. The predicted molar refractivity (Wildman–Crippen MR) is 117 cm³/mol. The second kappa shape index (κ2) is 10.5. The molecule has 0 radical (unpaired) electrons. The third kappa shape index (κ3) is 6.58. The van der Waals surface area contributed by atoms with Crippen molar-refractivity contribution >= 4 is 23.5 Å². The number of rotatable bonds is 7. The van der Waals surface area contributed by atoms with Gasteiger partial charge in [0.25, 0.3) is 11.8 Å². The lowest BCUT2D eigenvalue weighted by atomic mass is 10.1. The van der Waals surface area contributed by atoms with Crippen molar-refractivity contribution in [2.24, 2.45) is 0 Å². The highest BCUT2D eigenvalue weighted by Gasteiger charge is 2.30. The van der Waals surface area contributed by atoms with Crippen LogP contribution in [0.15, 0.2) is 72.8 Å². The topological polar surface area (TPSA) is 93.7 Å². The highest BCUT2D eigenvalue weighted by molar-refractivity contribution is 6.05. The number of carbonyl (C=O) groups excluding carboxylic acids is 3. The molecule has 3 aromatic rings. The molecule has 0 bridgehead atoms. The van der Waals surface area contributed by atoms with E-state index >= 15 is 0 Å². The van der Waals surface area contributed by atoms with E-state index in [0.29, 0.717) is 5.69 Å². The highest BCUT2D eigenvalue weighted by atomic mass is 19.4. The Morgan fingerprint density at radius 2 is 1.47 bits per heavy atom. The van der Waals surface area contributed by atoms with E-state index in [-0.39, 0.29) is 29.2 Å². The van der Waals surface area contributed by atoms with Gasteiger partial charge in [-0.1, -0.05) is 12.1 Å². The lowest BCUT2D eigenvalue weighted by Crippen LogP contribution is -2.30. The van der Waals surface area contributed by atoms with Gasteiger partial charge in [0.05, 0.1) is 12.7 Å². The van der Waals surface area contributed by atoms with Crippen LogP contribution in [0.5, 0.6) is 11.5 Å². The molecule has 0 spiro atoms. The van der Waals surface area contributed by atoms with E-state index < -0.39 is 29.5 Å². The standard InChI is InChI=1S/C24H19F3N2O5/c1-33-21(30)14-28-22(31)15-8-10-18(11-9-15)29-23(32)16-4-2-6-19(12-16)34-20-7-3-5-17(13-20)24(25,26)27/h2-13H,14H2,1H3,(H,28,31)(H,29,32). The third-order valence-corrected chi connectivity index (χ3v) is 4.52. The Morgan fingerprint density at radius 1 is 0.824 bits per heavy atom. The molecule has 0 aliphatic carbocycles. The van der Waals surface area contributed by atoms with Gasteiger partial charge in [0.1, 0.15) is 18.0 Å². The lowest BCUT2D eigenvalue weighted by molar-refractivity contribution is -0.139. The van der Waals surface area contributed by atoms with Gasteiger partial charge in [-0.05, 0) is 60.7 Å². The van der Waals surface area contributed by atoms with Crippen molar-refractivity contribution in [1.82, 2.24) is 5.32 Å². The molecule has 0 heterocycles. The number of alkyl halides is 3. The fourth-order valence-electron chi connectivity index (χ4n) is 2.81. The maximum atomic E-state index is 12.9. The van der Waals surface area contributed by atoms with Crippen molar-refractivity contribution < 1.29 is 37.0 Å². The lowest BCUT2D eigenvalue weighted by Gasteiger charge is -2.11. The second-order valence-electron chi connectivity index (χ2n) is 6.95. The molecule has 0 aliphatic heterocycles. The summed E-state index contributed by atoms with van der Waals surface area (Å²) in [5.74, 6) is -1.39. The van der Waals surface area contributed by atoms with Crippen LogP contribution in [0.3, 0.4) is 0 Å². The Balaban J connectivity index is 1.64. The Morgan fingerprint density at radius 3 is 2.12 bits per heavy atom. The van der Waals surface area contributed by atoms with Crippen LogP contribution in [0.25, 0.3) is 0 Å². The Labute approximate surface area is 192 Å². The molecule has 2 N–H and O–H groups in total. The molecule has 3 aromatic carbocycles. The molecule has 10 heteroatoms. The predicted octanol–water partition coefficient (Wildman–Crippen LogP) is 4.65. The van der Waals surface area contributed by atoms with Crippen molar-refractivity contribution in [3.63, 3.8) is 0 Å². The smallest absolute Gasteiger partial charge is 0.416 e. The summed E-state index contributed by atoms with van der Waals surface area (Å²) in [4.78, 5) is 35.7. The molecule has 3 rings (SSSR count). The van der Waals surface area contributed by atoms with Gasteiger partial charge in [0, 0.05) is 16.8 Å². The number of benzene rings is 3. The van der Waals surface area contributed by atoms with Crippen molar-refractivity contribution in [2.75, 3.05) is 19.0 Å². The molecular formula is C24H19F3N2O5. The van der Waals surface area contributed by atoms with E-state index in [1.807, 2.05) is 0 Å². The maximum absolute atomic E-state index is 12.9.